The van der Waals surface area contributed by atoms with Crippen molar-refractivity contribution >= 4 is 11.8 Å². The summed E-state index contributed by atoms with van der Waals surface area (Å²) in [4.78, 5) is 25.3. The Labute approximate surface area is 103 Å². The molecule has 1 atom stereocenters. The fourth-order valence-electron chi connectivity index (χ4n) is 2.29. The Bertz CT molecular complexity index is 266. The summed E-state index contributed by atoms with van der Waals surface area (Å²) in [6.07, 6.45) is 5.19. The molecule has 0 spiro atoms. The summed E-state index contributed by atoms with van der Waals surface area (Å²) in [5.41, 5.74) is 5.29. The van der Waals surface area contributed by atoms with Crippen LogP contribution < -0.4 is 11.1 Å². The van der Waals surface area contributed by atoms with Crippen molar-refractivity contribution in [2.45, 2.75) is 45.1 Å². The van der Waals surface area contributed by atoms with Crippen molar-refractivity contribution < 1.29 is 9.59 Å². The van der Waals surface area contributed by atoms with Crippen molar-refractivity contribution in [2.75, 3.05) is 19.6 Å². The second-order valence-electron chi connectivity index (χ2n) is 4.48. The molecule has 0 bridgehead atoms. The van der Waals surface area contributed by atoms with Gasteiger partial charge in [-0.3, -0.25) is 9.59 Å². The minimum atomic E-state index is -0.515. The number of nitrogens with one attached hydrogen (secondary N) is 1. The van der Waals surface area contributed by atoms with Gasteiger partial charge in [0.25, 0.3) is 0 Å². The first-order valence-electron chi connectivity index (χ1n) is 6.49. The molecule has 98 valence electrons. The molecule has 1 fully saturated rings. The van der Waals surface area contributed by atoms with Gasteiger partial charge >= 0.3 is 11.8 Å². The van der Waals surface area contributed by atoms with Gasteiger partial charge in [-0.1, -0.05) is 13.3 Å². The van der Waals surface area contributed by atoms with Gasteiger partial charge in [-0.05, 0) is 25.7 Å². The molecule has 1 unspecified atom stereocenters. The van der Waals surface area contributed by atoms with E-state index in [9.17, 15) is 9.59 Å². The molecule has 1 saturated heterocycles. The Morgan fingerprint density at radius 1 is 1.41 bits per heavy atom. The molecule has 5 nitrogen and oxygen atoms in total. The summed E-state index contributed by atoms with van der Waals surface area (Å²) in [5, 5.41) is 2.54. The van der Waals surface area contributed by atoms with Crippen LogP contribution >= 0.6 is 0 Å². The summed E-state index contributed by atoms with van der Waals surface area (Å²) in [5.74, 6) is -0.907. The molecule has 1 aliphatic heterocycles. The van der Waals surface area contributed by atoms with Gasteiger partial charge in [0.05, 0.1) is 0 Å². The first-order valence-corrected chi connectivity index (χ1v) is 6.49. The average molecular weight is 241 g/mol. The molecular weight excluding hydrogens is 218 g/mol. The van der Waals surface area contributed by atoms with Crippen LogP contribution in [0.25, 0.3) is 0 Å². The van der Waals surface area contributed by atoms with Crippen molar-refractivity contribution in [1.82, 2.24) is 10.2 Å². The van der Waals surface area contributed by atoms with E-state index in [1.54, 1.807) is 4.90 Å². The van der Waals surface area contributed by atoms with Gasteiger partial charge in [0.15, 0.2) is 0 Å². The van der Waals surface area contributed by atoms with Crippen LogP contribution in [0.3, 0.4) is 0 Å². The van der Waals surface area contributed by atoms with E-state index in [0.717, 1.165) is 32.1 Å². The number of rotatable bonds is 4. The van der Waals surface area contributed by atoms with Crippen LogP contribution in [-0.2, 0) is 9.59 Å². The number of likely N-dealkylation sites (tertiary alicyclic amines) is 1. The Balaban J connectivity index is 2.54. The van der Waals surface area contributed by atoms with Gasteiger partial charge in [0.1, 0.15) is 0 Å². The summed E-state index contributed by atoms with van der Waals surface area (Å²) in [6.45, 7) is 3.53. The van der Waals surface area contributed by atoms with Gasteiger partial charge in [-0.2, -0.15) is 0 Å². The van der Waals surface area contributed by atoms with Crippen molar-refractivity contribution in [3.8, 4) is 0 Å². The molecular formula is C12H23N3O2. The zero-order valence-electron chi connectivity index (χ0n) is 10.6. The predicted octanol–water partition coefficient (Wildman–Crippen LogP) is 0.243. The third-order valence-corrected chi connectivity index (χ3v) is 3.13. The SMILES string of the molecule is CCCC1CCCCN1C(=O)C(=O)NCCN. The minimum absolute atomic E-state index is 0.241. The molecule has 17 heavy (non-hydrogen) atoms. The molecule has 1 rings (SSSR count). The number of carbonyl (C=O) groups excluding carboxylic acids is 2. The first-order chi connectivity index (χ1) is 8.20. The van der Waals surface area contributed by atoms with E-state index in [4.69, 9.17) is 5.73 Å². The monoisotopic (exact) mass is 241 g/mol. The molecule has 0 aromatic carbocycles. The van der Waals surface area contributed by atoms with E-state index in [2.05, 4.69) is 12.2 Å². The van der Waals surface area contributed by atoms with Crippen LogP contribution in [0.2, 0.25) is 0 Å². The van der Waals surface area contributed by atoms with Gasteiger partial charge in [0, 0.05) is 25.7 Å². The zero-order valence-corrected chi connectivity index (χ0v) is 10.6. The van der Waals surface area contributed by atoms with Crippen molar-refractivity contribution in [1.29, 1.82) is 0 Å². The van der Waals surface area contributed by atoms with E-state index in [1.807, 2.05) is 0 Å². The van der Waals surface area contributed by atoms with Gasteiger partial charge in [0.2, 0.25) is 0 Å². The third-order valence-electron chi connectivity index (χ3n) is 3.13. The molecule has 1 aliphatic rings. The quantitative estimate of drug-likeness (QED) is 0.692. The fourth-order valence-corrected chi connectivity index (χ4v) is 2.29. The maximum absolute atomic E-state index is 12.0. The number of piperidine rings is 1. The van der Waals surface area contributed by atoms with E-state index in [-0.39, 0.29) is 6.04 Å². The second kappa shape index (κ2) is 7.27. The van der Waals surface area contributed by atoms with Crippen molar-refractivity contribution in [2.24, 2.45) is 5.73 Å². The molecule has 0 radical (unpaired) electrons. The molecule has 5 heteroatoms. The van der Waals surface area contributed by atoms with E-state index in [0.29, 0.717) is 19.6 Å². The van der Waals surface area contributed by atoms with Gasteiger partial charge < -0.3 is 16.0 Å². The molecule has 0 aliphatic carbocycles. The number of nitrogens with two attached hydrogens (primary N) is 1. The Morgan fingerprint density at radius 3 is 2.82 bits per heavy atom. The number of nitrogens with zero attached hydrogens (tertiary/aromatic N) is 1. The summed E-state index contributed by atoms with van der Waals surface area (Å²) in [7, 11) is 0. The van der Waals surface area contributed by atoms with Crippen LogP contribution in [0.4, 0.5) is 0 Å². The highest BCUT2D eigenvalue weighted by molar-refractivity contribution is 6.35. The number of hydrogen-bond donors (Lipinski definition) is 2. The smallest absolute Gasteiger partial charge is 0.312 e. The molecule has 2 amide bonds. The zero-order chi connectivity index (χ0) is 12.7. The van der Waals surface area contributed by atoms with E-state index < -0.39 is 11.8 Å². The molecule has 0 aromatic heterocycles. The lowest BCUT2D eigenvalue weighted by atomic mass is 9.98. The number of amides is 2. The maximum atomic E-state index is 12.0. The number of carbonyl (C=O) groups is 2. The highest BCUT2D eigenvalue weighted by Crippen LogP contribution is 2.20. The van der Waals surface area contributed by atoms with Gasteiger partial charge in [-0.15, -0.1) is 0 Å². The van der Waals surface area contributed by atoms with Crippen LogP contribution in [0, 0.1) is 0 Å². The Morgan fingerprint density at radius 2 is 2.18 bits per heavy atom. The van der Waals surface area contributed by atoms with Crippen LogP contribution in [0.1, 0.15) is 39.0 Å². The van der Waals surface area contributed by atoms with Crippen LogP contribution in [-0.4, -0.2) is 42.4 Å². The van der Waals surface area contributed by atoms with Crippen LogP contribution in [0.15, 0.2) is 0 Å². The van der Waals surface area contributed by atoms with E-state index in [1.165, 1.54) is 0 Å². The third kappa shape index (κ3) is 4.00. The molecule has 1 heterocycles. The highest BCUT2D eigenvalue weighted by atomic mass is 16.2. The van der Waals surface area contributed by atoms with E-state index >= 15 is 0 Å². The predicted molar refractivity (Wildman–Crippen MR) is 66.3 cm³/mol. The van der Waals surface area contributed by atoms with Crippen molar-refractivity contribution in [3.63, 3.8) is 0 Å². The van der Waals surface area contributed by atoms with Crippen LogP contribution in [0.5, 0.6) is 0 Å². The summed E-state index contributed by atoms with van der Waals surface area (Å²) < 4.78 is 0. The minimum Gasteiger partial charge on any atom is -0.347 e. The molecule has 0 saturated carbocycles. The number of hydrogen-bond acceptors (Lipinski definition) is 3. The lowest BCUT2D eigenvalue weighted by molar-refractivity contribution is -0.148. The lowest BCUT2D eigenvalue weighted by Crippen LogP contribution is -2.50. The standard InChI is InChI=1S/C12H23N3O2/c1-2-5-10-6-3-4-9-15(10)12(17)11(16)14-8-7-13/h10H,2-9,13H2,1H3,(H,14,16). The Kier molecular flexibility index (Phi) is 5.97. The summed E-state index contributed by atoms with van der Waals surface area (Å²) >= 11 is 0. The normalized spacial score (nSPS) is 20.1. The Hall–Kier alpha value is -1.10. The first kappa shape index (κ1) is 14.0. The molecule has 0 aromatic rings. The summed E-state index contributed by atoms with van der Waals surface area (Å²) in [6, 6.07) is 0.241. The molecule has 3 N–H and O–H groups in total. The highest BCUT2D eigenvalue weighted by Gasteiger charge is 2.29. The maximum Gasteiger partial charge on any atom is 0.312 e. The topological polar surface area (TPSA) is 75.4 Å². The average Bonchev–Trinajstić information content (AvgIpc) is 2.36. The fraction of sp³-hybridized carbons (Fsp3) is 0.833. The van der Waals surface area contributed by atoms with Gasteiger partial charge in [-0.25, -0.2) is 0 Å². The lowest BCUT2D eigenvalue weighted by Gasteiger charge is -2.35. The second-order valence-corrected chi connectivity index (χ2v) is 4.48. The largest absolute Gasteiger partial charge is 0.347 e. The van der Waals surface area contributed by atoms with Crippen molar-refractivity contribution in [3.05, 3.63) is 0 Å².